The number of para-hydroxylation sites is 2. The number of hydrogen-bond acceptors (Lipinski definition) is 3. The van der Waals surface area contributed by atoms with Crippen molar-refractivity contribution in [3.63, 3.8) is 0 Å². The summed E-state index contributed by atoms with van der Waals surface area (Å²) in [5.74, 6) is 0.671. The molecule has 4 heteroatoms. The van der Waals surface area contributed by atoms with Gasteiger partial charge < -0.3 is 4.57 Å². The highest BCUT2D eigenvalue weighted by atomic mass is 15.0. The van der Waals surface area contributed by atoms with E-state index in [4.69, 9.17) is 32.8 Å². The lowest BCUT2D eigenvalue weighted by molar-refractivity contribution is 1.07. The van der Waals surface area contributed by atoms with Crippen molar-refractivity contribution in [2.75, 3.05) is 0 Å². The van der Waals surface area contributed by atoms with Gasteiger partial charge >= 0.3 is 0 Å². The van der Waals surface area contributed by atoms with E-state index in [9.17, 15) is 0 Å². The fourth-order valence-electron chi connectivity index (χ4n) is 5.77. The second kappa shape index (κ2) is 11.2. The topological polar surface area (TPSA) is 43.6 Å². The lowest BCUT2D eigenvalue weighted by Gasteiger charge is -2.14. The maximum Gasteiger partial charge on any atom is 0.164 e. The Kier molecular flexibility index (Phi) is 4.00. The molecule has 0 saturated carbocycles. The second-order valence-corrected chi connectivity index (χ2v) is 10.8. The number of aromatic nitrogens is 4. The molecular formula is C43H28N4. The quantitative estimate of drug-likeness (QED) is 0.194. The van der Waals surface area contributed by atoms with Crippen LogP contribution < -0.4 is 0 Å². The standard InChI is InChI=1S/C43H28N4/c1-3-13-29(14-4-1)34-26-35(28-36(27-34)47-39-21-11-9-19-37(39)38-20-10-12-22-40(38)47)43-45-41(31-16-5-2-6-17-31)44-42(46-43)33-24-23-30-15-7-8-18-32(30)25-33/h1-28H/i1D,3D,4D,9D,10D,11D,12D,13D,14D,19D,20D,21D,22D. The van der Waals surface area contributed by atoms with Gasteiger partial charge in [0.1, 0.15) is 0 Å². The Morgan fingerprint density at radius 3 is 1.70 bits per heavy atom. The summed E-state index contributed by atoms with van der Waals surface area (Å²) >= 11 is 0. The van der Waals surface area contributed by atoms with E-state index in [0.717, 1.165) is 10.8 Å². The van der Waals surface area contributed by atoms with E-state index in [1.807, 2.05) is 72.8 Å². The number of benzene rings is 7. The monoisotopic (exact) mass is 613 g/mol. The average molecular weight is 614 g/mol. The van der Waals surface area contributed by atoms with Gasteiger partial charge in [-0.05, 0) is 58.2 Å². The van der Waals surface area contributed by atoms with Gasteiger partial charge in [-0.25, -0.2) is 15.0 Å². The van der Waals surface area contributed by atoms with Gasteiger partial charge in [-0.2, -0.15) is 0 Å². The molecule has 4 nitrogen and oxygen atoms in total. The van der Waals surface area contributed by atoms with Crippen LogP contribution in [0.4, 0.5) is 0 Å². The molecule has 47 heavy (non-hydrogen) atoms. The van der Waals surface area contributed by atoms with Crippen LogP contribution in [0.5, 0.6) is 0 Å². The van der Waals surface area contributed by atoms with Crippen LogP contribution in [0.25, 0.3) is 83.6 Å². The Hall–Kier alpha value is -6.39. The summed E-state index contributed by atoms with van der Waals surface area (Å²) in [5.41, 5.74) is 1.16. The highest BCUT2D eigenvalue weighted by molar-refractivity contribution is 6.09. The van der Waals surface area contributed by atoms with E-state index in [1.165, 1.54) is 10.6 Å². The molecule has 0 aliphatic heterocycles. The Bertz CT molecular complexity index is 3210. The van der Waals surface area contributed by atoms with Crippen molar-refractivity contribution in [2.45, 2.75) is 0 Å². The molecule has 0 spiro atoms. The first-order valence-corrected chi connectivity index (χ1v) is 14.7. The number of hydrogen-bond donors (Lipinski definition) is 0. The summed E-state index contributed by atoms with van der Waals surface area (Å²) in [5, 5.41) is 1.63. The Balaban J connectivity index is 1.44. The van der Waals surface area contributed by atoms with Crippen LogP contribution >= 0.6 is 0 Å². The van der Waals surface area contributed by atoms with E-state index < -0.39 is 78.6 Å². The fraction of sp³-hybridized carbons (Fsp3) is 0. The first kappa shape index (κ1) is 16.8. The third-order valence-electron chi connectivity index (χ3n) is 7.93. The molecule has 0 fully saturated rings. The summed E-state index contributed by atoms with van der Waals surface area (Å²) in [4.78, 5) is 14.7. The SMILES string of the molecule is [2H]c1c([2H])c([2H])c(-c2cc(-c3nc(-c4ccccc4)nc(-c4ccc5ccccc5c4)n3)cc(-n3c4c([2H])c([2H])c([2H])c([2H])c4c4c([2H])c([2H])c([2H])c([2H])c43)c2)c([2H])c1[2H]. The molecule has 0 radical (unpaired) electrons. The smallest absolute Gasteiger partial charge is 0.164 e. The molecule has 2 heterocycles. The van der Waals surface area contributed by atoms with Crippen LogP contribution in [0, 0.1) is 0 Å². The predicted octanol–water partition coefficient (Wildman–Crippen LogP) is 10.8. The number of fused-ring (bicyclic) bond motifs is 4. The molecular weight excluding hydrogens is 573 g/mol. The largest absolute Gasteiger partial charge is 0.309 e. The van der Waals surface area contributed by atoms with Crippen molar-refractivity contribution in [1.29, 1.82) is 0 Å². The van der Waals surface area contributed by atoms with Crippen molar-refractivity contribution < 1.29 is 17.8 Å². The van der Waals surface area contributed by atoms with E-state index in [0.29, 0.717) is 22.8 Å². The van der Waals surface area contributed by atoms with Crippen LogP contribution in [0.15, 0.2) is 170 Å². The zero-order valence-corrected chi connectivity index (χ0v) is 24.4. The van der Waals surface area contributed by atoms with Gasteiger partial charge in [0, 0.05) is 33.2 Å². The lowest BCUT2D eigenvalue weighted by atomic mass is 10.0. The zero-order chi connectivity index (χ0) is 42.5. The van der Waals surface area contributed by atoms with E-state index in [1.54, 1.807) is 12.1 Å². The van der Waals surface area contributed by atoms with Crippen LogP contribution in [-0.2, 0) is 0 Å². The summed E-state index contributed by atoms with van der Waals surface area (Å²) in [6.45, 7) is 0. The minimum Gasteiger partial charge on any atom is -0.309 e. The predicted molar refractivity (Wildman–Crippen MR) is 193 cm³/mol. The molecule has 0 atom stereocenters. The highest BCUT2D eigenvalue weighted by Crippen LogP contribution is 2.36. The van der Waals surface area contributed by atoms with Gasteiger partial charge in [-0.3, -0.25) is 0 Å². The maximum atomic E-state index is 9.09. The summed E-state index contributed by atoms with van der Waals surface area (Å²) in [6.07, 6.45) is 0. The number of rotatable bonds is 5. The van der Waals surface area contributed by atoms with Crippen molar-refractivity contribution in [1.82, 2.24) is 19.5 Å². The average Bonchev–Trinajstić information content (AvgIpc) is 3.64. The molecule has 0 N–H and O–H groups in total. The normalized spacial score (nSPS) is 15.3. The molecule has 0 bridgehead atoms. The van der Waals surface area contributed by atoms with Gasteiger partial charge in [-0.1, -0.05) is 133 Å². The molecule has 220 valence electrons. The minimum atomic E-state index is -0.612. The van der Waals surface area contributed by atoms with Crippen molar-refractivity contribution in [3.8, 4) is 51.0 Å². The van der Waals surface area contributed by atoms with Gasteiger partial charge in [0.15, 0.2) is 17.5 Å². The molecule has 0 amide bonds. The van der Waals surface area contributed by atoms with Gasteiger partial charge in [0.2, 0.25) is 0 Å². The molecule has 2 aromatic heterocycles. The van der Waals surface area contributed by atoms with Crippen molar-refractivity contribution in [2.24, 2.45) is 0 Å². The molecule has 0 aliphatic carbocycles. The maximum absolute atomic E-state index is 9.09. The number of nitrogens with zero attached hydrogens (tertiary/aromatic N) is 4. The molecule has 7 aromatic carbocycles. The van der Waals surface area contributed by atoms with E-state index in [2.05, 4.69) is 0 Å². The molecule has 9 rings (SSSR count). The van der Waals surface area contributed by atoms with Crippen LogP contribution in [0.3, 0.4) is 0 Å². The highest BCUT2D eigenvalue weighted by Gasteiger charge is 2.17. The van der Waals surface area contributed by atoms with E-state index >= 15 is 0 Å². The zero-order valence-electron chi connectivity index (χ0n) is 37.4. The lowest BCUT2D eigenvalue weighted by Crippen LogP contribution is -2.02. The summed E-state index contributed by atoms with van der Waals surface area (Å²) in [6, 6.07) is 19.9. The van der Waals surface area contributed by atoms with Gasteiger partial charge in [-0.15, -0.1) is 0 Å². The third kappa shape index (κ3) is 4.84. The van der Waals surface area contributed by atoms with Crippen LogP contribution in [-0.4, -0.2) is 19.5 Å². The van der Waals surface area contributed by atoms with Gasteiger partial charge in [0.25, 0.3) is 0 Å². The Labute approximate surface area is 290 Å². The van der Waals surface area contributed by atoms with Crippen LogP contribution in [0.1, 0.15) is 17.8 Å². The summed E-state index contributed by atoms with van der Waals surface area (Å²) < 4.78 is 115. The minimum absolute atomic E-state index is 0.0679. The molecule has 0 aliphatic rings. The summed E-state index contributed by atoms with van der Waals surface area (Å²) in [7, 11) is 0. The third-order valence-corrected chi connectivity index (χ3v) is 7.93. The fourth-order valence-corrected chi connectivity index (χ4v) is 5.77. The molecule has 9 aromatic rings. The van der Waals surface area contributed by atoms with Crippen molar-refractivity contribution in [3.05, 3.63) is 170 Å². The molecule has 0 unspecified atom stereocenters. The van der Waals surface area contributed by atoms with Gasteiger partial charge in [0.05, 0.1) is 28.9 Å². The van der Waals surface area contributed by atoms with Crippen LogP contribution in [0.2, 0.25) is 0 Å². The Morgan fingerprint density at radius 1 is 0.404 bits per heavy atom. The Morgan fingerprint density at radius 2 is 0.979 bits per heavy atom. The first-order valence-electron chi connectivity index (χ1n) is 21.2. The second-order valence-electron chi connectivity index (χ2n) is 10.8. The van der Waals surface area contributed by atoms with E-state index in [-0.39, 0.29) is 50.0 Å². The molecule has 0 saturated heterocycles. The first-order chi connectivity index (χ1) is 28.7. The van der Waals surface area contributed by atoms with Crippen molar-refractivity contribution >= 4 is 32.6 Å².